The third-order valence-corrected chi connectivity index (χ3v) is 4.09. The minimum absolute atomic E-state index is 0.217. The average Bonchev–Trinajstić information content (AvgIpc) is 2.93. The van der Waals surface area contributed by atoms with Crippen LogP contribution in [-0.2, 0) is 16.6 Å². The van der Waals surface area contributed by atoms with E-state index in [1.807, 2.05) is 0 Å². The van der Waals surface area contributed by atoms with Crippen molar-refractivity contribution in [2.45, 2.75) is 18.9 Å². The van der Waals surface area contributed by atoms with E-state index < -0.39 is 17.9 Å². The van der Waals surface area contributed by atoms with E-state index in [2.05, 4.69) is 15.6 Å². The van der Waals surface area contributed by atoms with Gasteiger partial charge in [-0.05, 0) is 31.0 Å². The molecule has 0 spiro atoms. The maximum absolute atomic E-state index is 12.4. The number of carbonyl (C=O) groups excluding carboxylic acids is 1. The van der Waals surface area contributed by atoms with E-state index in [4.69, 9.17) is 4.74 Å². The Hall–Kier alpha value is -2.48. The largest absolute Gasteiger partial charge is 0.480 e. The molecule has 2 N–H and O–H groups in total. The molecule has 1 aliphatic rings. The SMILES string of the molecule is Cn1nnc2cc(C(=O)NC(C(=O)O)C3CCCOC3)ccc21. The van der Waals surface area contributed by atoms with Crippen LogP contribution in [-0.4, -0.2) is 51.2 Å². The smallest absolute Gasteiger partial charge is 0.326 e. The Bertz CT molecular complexity index is 736. The Morgan fingerprint density at radius 2 is 2.30 bits per heavy atom. The Labute approximate surface area is 132 Å². The van der Waals surface area contributed by atoms with E-state index in [-0.39, 0.29) is 5.92 Å². The maximum atomic E-state index is 12.4. The minimum Gasteiger partial charge on any atom is -0.480 e. The molecule has 2 atom stereocenters. The van der Waals surface area contributed by atoms with Crippen LogP contribution < -0.4 is 5.32 Å². The molecule has 0 saturated carbocycles. The molecule has 1 fully saturated rings. The van der Waals surface area contributed by atoms with Crippen molar-refractivity contribution in [2.75, 3.05) is 13.2 Å². The summed E-state index contributed by atoms with van der Waals surface area (Å²) < 4.78 is 6.93. The van der Waals surface area contributed by atoms with Gasteiger partial charge in [-0.2, -0.15) is 0 Å². The number of benzene rings is 1. The highest BCUT2D eigenvalue weighted by atomic mass is 16.5. The van der Waals surface area contributed by atoms with Crippen molar-refractivity contribution < 1.29 is 19.4 Å². The molecule has 1 amide bonds. The second-order valence-electron chi connectivity index (χ2n) is 5.68. The van der Waals surface area contributed by atoms with Gasteiger partial charge in [0.05, 0.1) is 12.1 Å². The zero-order chi connectivity index (χ0) is 16.4. The highest BCUT2D eigenvalue weighted by Gasteiger charge is 2.31. The van der Waals surface area contributed by atoms with Gasteiger partial charge in [-0.15, -0.1) is 5.10 Å². The van der Waals surface area contributed by atoms with Crippen LogP contribution in [0, 0.1) is 5.92 Å². The quantitative estimate of drug-likeness (QED) is 0.854. The van der Waals surface area contributed by atoms with Crippen LogP contribution in [0.4, 0.5) is 0 Å². The van der Waals surface area contributed by atoms with Crippen molar-refractivity contribution >= 4 is 22.9 Å². The van der Waals surface area contributed by atoms with Crippen LogP contribution >= 0.6 is 0 Å². The fraction of sp³-hybridized carbons (Fsp3) is 0.467. The molecule has 1 saturated heterocycles. The Morgan fingerprint density at radius 3 is 3.00 bits per heavy atom. The monoisotopic (exact) mass is 318 g/mol. The fourth-order valence-corrected chi connectivity index (χ4v) is 2.82. The molecule has 1 aromatic carbocycles. The predicted octanol–water partition coefficient (Wildman–Crippen LogP) is 0.578. The zero-order valence-corrected chi connectivity index (χ0v) is 12.7. The number of carbonyl (C=O) groups is 2. The number of ether oxygens (including phenoxy) is 1. The van der Waals surface area contributed by atoms with Gasteiger partial charge in [0.2, 0.25) is 0 Å². The second-order valence-corrected chi connectivity index (χ2v) is 5.68. The lowest BCUT2D eigenvalue weighted by molar-refractivity contribution is -0.142. The van der Waals surface area contributed by atoms with E-state index in [0.717, 1.165) is 18.4 Å². The molecule has 0 radical (unpaired) electrons. The van der Waals surface area contributed by atoms with Crippen LogP contribution in [0.3, 0.4) is 0 Å². The number of nitrogens with one attached hydrogen (secondary N) is 1. The zero-order valence-electron chi connectivity index (χ0n) is 12.7. The molecule has 2 aromatic rings. The van der Waals surface area contributed by atoms with Crippen LogP contribution in [0.25, 0.3) is 11.0 Å². The van der Waals surface area contributed by atoms with Crippen LogP contribution in [0.15, 0.2) is 18.2 Å². The summed E-state index contributed by atoms with van der Waals surface area (Å²) in [6.45, 7) is 0.987. The number of amides is 1. The number of fused-ring (bicyclic) bond motifs is 1. The Balaban J connectivity index is 1.78. The van der Waals surface area contributed by atoms with Crippen molar-refractivity contribution in [3.63, 3.8) is 0 Å². The Morgan fingerprint density at radius 1 is 1.48 bits per heavy atom. The van der Waals surface area contributed by atoms with Crippen molar-refractivity contribution in [3.05, 3.63) is 23.8 Å². The fourth-order valence-electron chi connectivity index (χ4n) is 2.82. The summed E-state index contributed by atoms with van der Waals surface area (Å²) in [7, 11) is 1.76. The van der Waals surface area contributed by atoms with E-state index in [1.165, 1.54) is 0 Å². The van der Waals surface area contributed by atoms with Crippen LogP contribution in [0.2, 0.25) is 0 Å². The van der Waals surface area contributed by atoms with Gasteiger partial charge in [-0.1, -0.05) is 5.21 Å². The number of aliphatic carboxylic acids is 1. The molecule has 2 heterocycles. The molecule has 0 aliphatic carbocycles. The summed E-state index contributed by atoms with van der Waals surface area (Å²) in [5.41, 5.74) is 1.76. The van der Waals surface area contributed by atoms with Gasteiger partial charge in [-0.25, -0.2) is 9.48 Å². The molecule has 23 heavy (non-hydrogen) atoms. The molecular formula is C15H18N4O4. The number of aromatic nitrogens is 3. The van der Waals surface area contributed by atoms with Crippen molar-refractivity contribution in [3.8, 4) is 0 Å². The lowest BCUT2D eigenvalue weighted by Gasteiger charge is -2.28. The lowest BCUT2D eigenvalue weighted by atomic mass is 9.93. The summed E-state index contributed by atoms with van der Waals surface area (Å²) in [5.74, 6) is -1.70. The second kappa shape index (κ2) is 6.33. The topological polar surface area (TPSA) is 106 Å². The van der Waals surface area contributed by atoms with E-state index in [1.54, 1.807) is 29.9 Å². The van der Waals surface area contributed by atoms with E-state index in [9.17, 15) is 14.7 Å². The number of hydrogen-bond acceptors (Lipinski definition) is 5. The number of nitrogens with zero attached hydrogens (tertiary/aromatic N) is 3. The minimum atomic E-state index is -1.05. The first-order valence-electron chi connectivity index (χ1n) is 7.47. The normalized spacial score (nSPS) is 19.4. The Kier molecular flexibility index (Phi) is 4.24. The number of hydrogen-bond donors (Lipinski definition) is 2. The average molecular weight is 318 g/mol. The summed E-state index contributed by atoms with van der Waals surface area (Å²) in [6, 6.07) is 4.02. The highest BCUT2D eigenvalue weighted by molar-refractivity contribution is 5.99. The maximum Gasteiger partial charge on any atom is 0.326 e. The number of carboxylic acid groups (broad SMARTS) is 1. The summed E-state index contributed by atoms with van der Waals surface area (Å²) in [5, 5.41) is 19.8. The third-order valence-electron chi connectivity index (χ3n) is 4.09. The van der Waals surface area contributed by atoms with Crippen molar-refractivity contribution in [1.82, 2.24) is 20.3 Å². The molecular weight excluding hydrogens is 300 g/mol. The first kappa shape index (κ1) is 15.4. The summed E-state index contributed by atoms with van der Waals surface area (Å²) >= 11 is 0. The number of carboxylic acids is 1. The van der Waals surface area contributed by atoms with Gasteiger partial charge in [-0.3, -0.25) is 4.79 Å². The molecule has 122 valence electrons. The van der Waals surface area contributed by atoms with Gasteiger partial charge >= 0.3 is 5.97 Å². The molecule has 3 rings (SSSR count). The molecule has 1 aromatic heterocycles. The number of rotatable bonds is 4. The molecule has 0 bridgehead atoms. The summed E-state index contributed by atoms with van der Waals surface area (Å²) in [4.78, 5) is 23.9. The van der Waals surface area contributed by atoms with Gasteiger partial charge in [0.1, 0.15) is 11.6 Å². The van der Waals surface area contributed by atoms with Gasteiger partial charge < -0.3 is 15.2 Å². The number of aryl methyl sites for hydroxylation is 1. The van der Waals surface area contributed by atoms with E-state index in [0.29, 0.717) is 24.3 Å². The molecule has 1 aliphatic heterocycles. The van der Waals surface area contributed by atoms with Crippen LogP contribution in [0.1, 0.15) is 23.2 Å². The standard InChI is InChI=1S/C15H18N4O4/c1-19-12-5-4-9(7-11(12)17-18-19)14(20)16-13(15(21)22)10-3-2-6-23-8-10/h4-5,7,10,13H,2-3,6,8H2,1H3,(H,16,20)(H,21,22). The van der Waals surface area contributed by atoms with Crippen molar-refractivity contribution in [1.29, 1.82) is 0 Å². The molecule has 8 heteroatoms. The predicted molar refractivity (Wildman–Crippen MR) is 80.9 cm³/mol. The first-order valence-corrected chi connectivity index (χ1v) is 7.47. The van der Waals surface area contributed by atoms with Gasteiger partial charge in [0.15, 0.2) is 0 Å². The first-order chi connectivity index (χ1) is 11.1. The third kappa shape index (κ3) is 3.16. The van der Waals surface area contributed by atoms with Gasteiger partial charge in [0.25, 0.3) is 5.91 Å². The van der Waals surface area contributed by atoms with Gasteiger partial charge in [0, 0.05) is 25.1 Å². The van der Waals surface area contributed by atoms with Crippen LogP contribution in [0.5, 0.6) is 0 Å². The van der Waals surface area contributed by atoms with Crippen molar-refractivity contribution in [2.24, 2.45) is 13.0 Å². The molecule has 2 unspecified atom stereocenters. The molecule has 8 nitrogen and oxygen atoms in total. The lowest BCUT2D eigenvalue weighted by Crippen LogP contribution is -2.48. The van der Waals surface area contributed by atoms with E-state index >= 15 is 0 Å². The summed E-state index contributed by atoms with van der Waals surface area (Å²) in [6.07, 6.45) is 1.52. The highest BCUT2D eigenvalue weighted by Crippen LogP contribution is 2.19.